The summed E-state index contributed by atoms with van der Waals surface area (Å²) in [6.45, 7) is 2.11. The van der Waals surface area contributed by atoms with Crippen molar-refractivity contribution in [2.45, 2.75) is 19.8 Å². The minimum atomic E-state index is -0.886. The number of hydrogen-bond acceptors (Lipinski definition) is 3. The third-order valence-corrected chi connectivity index (χ3v) is 3.72. The van der Waals surface area contributed by atoms with E-state index in [1.807, 2.05) is 0 Å². The van der Waals surface area contributed by atoms with Crippen LogP contribution >= 0.6 is 0 Å². The third kappa shape index (κ3) is 3.20. The van der Waals surface area contributed by atoms with Crippen molar-refractivity contribution in [2.24, 2.45) is 5.92 Å². The normalized spacial score (nSPS) is 18.5. The number of carbonyl (C=O) groups excluding carboxylic acids is 2. The van der Waals surface area contributed by atoms with E-state index in [2.05, 4.69) is 4.74 Å². The first-order chi connectivity index (χ1) is 9.93. The van der Waals surface area contributed by atoms with Crippen LogP contribution in [0.25, 0.3) is 0 Å². The molecule has 0 aromatic heterocycles. The molecule has 114 valence electrons. The monoisotopic (exact) mass is 297 g/mol. The lowest BCUT2D eigenvalue weighted by atomic mass is 9.97. The Hall–Kier alpha value is -1.98. The molecule has 1 aliphatic rings. The molecule has 1 aromatic carbocycles. The van der Waals surface area contributed by atoms with Crippen molar-refractivity contribution < 1.29 is 23.1 Å². The molecule has 0 radical (unpaired) electrons. The van der Waals surface area contributed by atoms with Crippen molar-refractivity contribution in [3.8, 4) is 0 Å². The lowest BCUT2D eigenvalue weighted by Gasteiger charge is -2.31. The van der Waals surface area contributed by atoms with Gasteiger partial charge >= 0.3 is 5.97 Å². The molecule has 0 N–H and O–H groups in total. The maximum Gasteiger partial charge on any atom is 0.310 e. The van der Waals surface area contributed by atoms with Gasteiger partial charge in [-0.05, 0) is 31.4 Å². The van der Waals surface area contributed by atoms with Gasteiger partial charge in [0.25, 0.3) is 5.91 Å². The van der Waals surface area contributed by atoms with Crippen molar-refractivity contribution in [1.82, 2.24) is 4.90 Å². The number of halogens is 2. The Bertz CT molecular complexity index is 574. The first-order valence-electron chi connectivity index (χ1n) is 6.76. The van der Waals surface area contributed by atoms with Crippen molar-refractivity contribution in [3.05, 3.63) is 34.9 Å². The fourth-order valence-electron chi connectivity index (χ4n) is 2.51. The summed E-state index contributed by atoms with van der Waals surface area (Å²) < 4.78 is 31.7. The molecule has 1 amide bonds. The standard InChI is InChI=1S/C15H17F2NO3/c1-9-6-11(13(17)7-12(9)16)14(19)18-5-3-4-10(8-18)15(20)21-2/h6-7,10H,3-5,8H2,1-2H3. The maximum absolute atomic E-state index is 13.8. The van der Waals surface area contributed by atoms with Crippen LogP contribution in [0.2, 0.25) is 0 Å². The van der Waals surface area contributed by atoms with E-state index in [0.29, 0.717) is 25.5 Å². The highest BCUT2D eigenvalue weighted by molar-refractivity contribution is 5.95. The summed E-state index contributed by atoms with van der Waals surface area (Å²) in [7, 11) is 1.30. The molecular weight excluding hydrogens is 280 g/mol. The summed E-state index contributed by atoms with van der Waals surface area (Å²) >= 11 is 0. The fourth-order valence-corrected chi connectivity index (χ4v) is 2.51. The SMILES string of the molecule is COC(=O)C1CCCN(C(=O)c2cc(C)c(F)cc2F)C1. The topological polar surface area (TPSA) is 46.6 Å². The maximum atomic E-state index is 13.8. The average Bonchev–Trinajstić information content (AvgIpc) is 2.49. The highest BCUT2D eigenvalue weighted by Crippen LogP contribution is 2.22. The lowest BCUT2D eigenvalue weighted by Crippen LogP contribution is -2.43. The number of ether oxygens (including phenoxy) is 1. The lowest BCUT2D eigenvalue weighted by molar-refractivity contribution is -0.146. The quantitative estimate of drug-likeness (QED) is 0.787. The number of rotatable bonds is 2. The van der Waals surface area contributed by atoms with Crippen LogP contribution in [0, 0.1) is 24.5 Å². The Morgan fingerprint density at radius 3 is 2.67 bits per heavy atom. The van der Waals surface area contributed by atoms with Crippen molar-refractivity contribution >= 4 is 11.9 Å². The number of likely N-dealkylation sites (tertiary alicyclic amines) is 1. The second-order valence-corrected chi connectivity index (χ2v) is 5.19. The molecule has 21 heavy (non-hydrogen) atoms. The number of carbonyl (C=O) groups is 2. The van der Waals surface area contributed by atoms with E-state index in [1.165, 1.54) is 25.0 Å². The number of nitrogens with zero attached hydrogens (tertiary/aromatic N) is 1. The van der Waals surface area contributed by atoms with Gasteiger partial charge in [-0.3, -0.25) is 9.59 Å². The zero-order valence-corrected chi connectivity index (χ0v) is 12.0. The number of amides is 1. The van der Waals surface area contributed by atoms with Gasteiger partial charge in [0, 0.05) is 19.2 Å². The molecule has 6 heteroatoms. The van der Waals surface area contributed by atoms with Gasteiger partial charge in [-0.2, -0.15) is 0 Å². The molecule has 0 bridgehead atoms. The zero-order valence-electron chi connectivity index (χ0n) is 12.0. The van der Waals surface area contributed by atoms with Gasteiger partial charge in [-0.1, -0.05) is 0 Å². The number of piperidine rings is 1. The molecule has 1 aromatic rings. The van der Waals surface area contributed by atoms with Gasteiger partial charge in [-0.25, -0.2) is 8.78 Å². The van der Waals surface area contributed by atoms with Crippen LogP contribution in [-0.2, 0) is 9.53 Å². The molecule has 1 fully saturated rings. The number of aryl methyl sites for hydroxylation is 1. The number of esters is 1. The first-order valence-corrected chi connectivity index (χ1v) is 6.76. The zero-order chi connectivity index (χ0) is 15.6. The Balaban J connectivity index is 2.20. The smallest absolute Gasteiger partial charge is 0.310 e. The molecule has 1 aliphatic heterocycles. The van der Waals surface area contributed by atoms with Gasteiger partial charge in [0.15, 0.2) is 0 Å². The van der Waals surface area contributed by atoms with Gasteiger partial charge < -0.3 is 9.64 Å². The summed E-state index contributed by atoms with van der Waals surface area (Å²) in [4.78, 5) is 25.3. The fraction of sp³-hybridized carbons (Fsp3) is 0.467. The minimum Gasteiger partial charge on any atom is -0.469 e. The largest absolute Gasteiger partial charge is 0.469 e. The van der Waals surface area contributed by atoms with E-state index >= 15 is 0 Å². The Morgan fingerprint density at radius 2 is 2.00 bits per heavy atom. The predicted molar refractivity (Wildman–Crippen MR) is 71.7 cm³/mol. The van der Waals surface area contributed by atoms with Crippen LogP contribution in [-0.4, -0.2) is 37.0 Å². The van der Waals surface area contributed by atoms with E-state index in [-0.39, 0.29) is 23.6 Å². The van der Waals surface area contributed by atoms with E-state index in [0.717, 1.165) is 0 Å². The van der Waals surface area contributed by atoms with Gasteiger partial charge in [0.1, 0.15) is 11.6 Å². The van der Waals surface area contributed by atoms with Crippen molar-refractivity contribution in [1.29, 1.82) is 0 Å². The minimum absolute atomic E-state index is 0.167. The van der Waals surface area contributed by atoms with E-state index < -0.39 is 23.5 Å². The Morgan fingerprint density at radius 1 is 1.29 bits per heavy atom. The number of benzene rings is 1. The van der Waals surface area contributed by atoms with Gasteiger partial charge in [0.05, 0.1) is 18.6 Å². The van der Waals surface area contributed by atoms with Crippen LogP contribution in [0.15, 0.2) is 12.1 Å². The second kappa shape index (κ2) is 6.20. The highest BCUT2D eigenvalue weighted by Gasteiger charge is 2.30. The summed E-state index contributed by atoms with van der Waals surface area (Å²) in [5, 5.41) is 0. The molecule has 0 saturated carbocycles. The second-order valence-electron chi connectivity index (χ2n) is 5.19. The number of methoxy groups -OCH3 is 1. The highest BCUT2D eigenvalue weighted by atomic mass is 19.1. The Labute approximate surface area is 121 Å². The summed E-state index contributed by atoms with van der Waals surface area (Å²) in [5.41, 5.74) is 0.0423. The molecule has 0 aliphatic carbocycles. The van der Waals surface area contributed by atoms with Crippen LogP contribution in [0.4, 0.5) is 8.78 Å². The summed E-state index contributed by atoms with van der Waals surface area (Å²) in [6, 6.07) is 1.92. The molecule has 4 nitrogen and oxygen atoms in total. The molecule has 1 saturated heterocycles. The van der Waals surface area contributed by atoms with Crippen molar-refractivity contribution in [2.75, 3.05) is 20.2 Å². The number of hydrogen-bond donors (Lipinski definition) is 0. The van der Waals surface area contributed by atoms with Crippen LogP contribution < -0.4 is 0 Å². The van der Waals surface area contributed by atoms with E-state index in [1.54, 1.807) is 0 Å². The first kappa shape index (κ1) is 15.4. The van der Waals surface area contributed by atoms with Crippen LogP contribution in [0.1, 0.15) is 28.8 Å². The summed E-state index contributed by atoms with van der Waals surface area (Å²) in [5.74, 6) is -2.86. The molecule has 0 spiro atoms. The van der Waals surface area contributed by atoms with Crippen LogP contribution in [0.5, 0.6) is 0 Å². The average molecular weight is 297 g/mol. The van der Waals surface area contributed by atoms with Gasteiger partial charge in [-0.15, -0.1) is 0 Å². The Kier molecular flexibility index (Phi) is 4.55. The van der Waals surface area contributed by atoms with E-state index in [9.17, 15) is 18.4 Å². The molecule has 2 rings (SSSR count). The third-order valence-electron chi connectivity index (χ3n) is 3.72. The summed E-state index contributed by atoms with van der Waals surface area (Å²) in [6.07, 6.45) is 1.29. The molecular formula is C15H17F2NO3. The molecule has 1 heterocycles. The van der Waals surface area contributed by atoms with E-state index in [4.69, 9.17) is 0 Å². The van der Waals surface area contributed by atoms with Crippen LogP contribution in [0.3, 0.4) is 0 Å². The molecule has 1 unspecified atom stereocenters. The van der Waals surface area contributed by atoms with Crippen molar-refractivity contribution in [3.63, 3.8) is 0 Å². The van der Waals surface area contributed by atoms with Gasteiger partial charge in [0.2, 0.25) is 0 Å². The molecule has 1 atom stereocenters. The predicted octanol–water partition coefficient (Wildman–Crippen LogP) is 2.30.